The Balaban J connectivity index is 2.44. The predicted octanol–water partition coefficient (Wildman–Crippen LogP) is 4.12. The minimum Gasteiger partial charge on any atom is -0.461 e. The minimum absolute atomic E-state index is 0.272. The summed E-state index contributed by atoms with van der Waals surface area (Å²) in [6.45, 7) is 8.72. The summed E-state index contributed by atoms with van der Waals surface area (Å²) in [5.74, 6) is 0.340. The molecule has 0 aromatic carbocycles. The third-order valence-corrected chi connectivity index (χ3v) is 3.03. The van der Waals surface area contributed by atoms with E-state index in [2.05, 4.69) is 31.8 Å². The molecule has 0 bridgehead atoms. The highest BCUT2D eigenvalue weighted by atomic mass is 16.5. The number of aromatic amines is 1. The first-order valence-corrected chi connectivity index (χ1v) is 7.00. The summed E-state index contributed by atoms with van der Waals surface area (Å²) in [4.78, 5) is 14.5. The number of rotatable bonds is 7. The molecule has 0 aliphatic rings. The van der Waals surface area contributed by atoms with E-state index in [1.165, 1.54) is 17.6 Å². The molecule has 1 aromatic heterocycles. The Labute approximate surface area is 116 Å². The van der Waals surface area contributed by atoms with E-state index in [4.69, 9.17) is 4.74 Å². The van der Waals surface area contributed by atoms with Crippen molar-refractivity contribution < 1.29 is 9.53 Å². The summed E-state index contributed by atoms with van der Waals surface area (Å²) in [6.07, 6.45) is 7.47. The smallest absolute Gasteiger partial charge is 0.354 e. The van der Waals surface area contributed by atoms with Gasteiger partial charge in [-0.25, -0.2) is 4.79 Å². The molecule has 0 amide bonds. The predicted molar refractivity (Wildman–Crippen MR) is 78.3 cm³/mol. The molecule has 0 aliphatic carbocycles. The van der Waals surface area contributed by atoms with Gasteiger partial charge in [0.2, 0.25) is 0 Å². The van der Waals surface area contributed by atoms with Gasteiger partial charge in [-0.1, -0.05) is 18.6 Å². The Morgan fingerprint density at radius 2 is 2.21 bits per heavy atom. The van der Waals surface area contributed by atoms with Gasteiger partial charge in [0, 0.05) is 6.20 Å². The van der Waals surface area contributed by atoms with Crippen LogP contribution >= 0.6 is 0 Å². The number of aromatic nitrogens is 1. The van der Waals surface area contributed by atoms with Crippen molar-refractivity contribution in [3.8, 4) is 0 Å². The molecule has 0 saturated carbocycles. The van der Waals surface area contributed by atoms with Gasteiger partial charge in [0.25, 0.3) is 0 Å². The lowest BCUT2D eigenvalue weighted by Crippen LogP contribution is -2.04. The largest absolute Gasteiger partial charge is 0.461 e. The van der Waals surface area contributed by atoms with Gasteiger partial charge in [-0.05, 0) is 57.6 Å². The number of H-pyrrole nitrogens is 1. The summed E-state index contributed by atoms with van der Waals surface area (Å²) < 4.78 is 4.96. The first kappa shape index (κ1) is 15.5. The number of ether oxygens (including phenoxy) is 1. The van der Waals surface area contributed by atoms with Gasteiger partial charge < -0.3 is 9.72 Å². The van der Waals surface area contributed by atoms with Crippen molar-refractivity contribution >= 4 is 5.97 Å². The summed E-state index contributed by atoms with van der Waals surface area (Å²) >= 11 is 0. The molecule has 0 spiro atoms. The zero-order valence-corrected chi connectivity index (χ0v) is 12.5. The number of carbonyl (C=O) groups is 1. The van der Waals surface area contributed by atoms with Gasteiger partial charge in [-0.15, -0.1) is 0 Å². The molecule has 0 saturated heterocycles. The number of allylic oxidation sites excluding steroid dienone is 2. The van der Waals surface area contributed by atoms with E-state index in [1.807, 2.05) is 19.2 Å². The van der Waals surface area contributed by atoms with Crippen LogP contribution in [0.1, 0.15) is 56.6 Å². The van der Waals surface area contributed by atoms with Crippen LogP contribution in [0.2, 0.25) is 0 Å². The zero-order valence-electron chi connectivity index (χ0n) is 12.5. The molecule has 0 fully saturated rings. The maximum atomic E-state index is 11.5. The second-order valence-electron chi connectivity index (χ2n) is 5.31. The third-order valence-electron chi connectivity index (χ3n) is 3.03. The molecule has 1 N–H and O–H groups in total. The average Bonchev–Trinajstić information content (AvgIpc) is 2.77. The van der Waals surface area contributed by atoms with Crippen molar-refractivity contribution in [3.05, 3.63) is 35.2 Å². The molecule has 1 aromatic rings. The van der Waals surface area contributed by atoms with Crippen molar-refractivity contribution in [2.75, 3.05) is 6.61 Å². The second kappa shape index (κ2) is 7.82. The summed E-state index contributed by atoms with van der Waals surface area (Å²) in [6, 6.07) is 1.90. The van der Waals surface area contributed by atoms with E-state index < -0.39 is 0 Å². The molecule has 19 heavy (non-hydrogen) atoms. The normalized spacial score (nSPS) is 12.0. The summed E-state index contributed by atoms with van der Waals surface area (Å²) in [7, 11) is 0. The number of esters is 1. The molecule has 1 rings (SSSR count). The summed E-state index contributed by atoms with van der Waals surface area (Å²) in [5, 5.41) is 0. The first-order valence-electron chi connectivity index (χ1n) is 7.00. The van der Waals surface area contributed by atoms with Crippen LogP contribution in [0, 0.1) is 5.92 Å². The molecule has 1 atom stereocenters. The maximum absolute atomic E-state index is 11.5. The van der Waals surface area contributed by atoms with Crippen LogP contribution < -0.4 is 0 Å². The number of carbonyl (C=O) groups excluding carboxylic acids is 1. The van der Waals surface area contributed by atoms with E-state index in [0.29, 0.717) is 18.2 Å². The molecule has 3 nitrogen and oxygen atoms in total. The summed E-state index contributed by atoms with van der Waals surface area (Å²) in [5.41, 5.74) is 3.10. The van der Waals surface area contributed by atoms with Crippen LogP contribution in [0.15, 0.2) is 23.9 Å². The Morgan fingerprint density at radius 1 is 1.47 bits per heavy atom. The topological polar surface area (TPSA) is 42.1 Å². The van der Waals surface area contributed by atoms with Crippen LogP contribution in [0.25, 0.3) is 0 Å². The fourth-order valence-corrected chi connectivity index (χ4v) is 2.04. The van der Waals surface area contributed by atoms with Crippen molar-refractivity contribution in [1.82, 2.24) is 4.98 Å². The van der Waals surface area contributed by atoms with E-state index in [9.17, 15) is 4.79 Å². The minimum atomic E-state index is -0.272. The Bertz CT molecular complexity index is 428. The molecule has 1 heterocycles. The highest BCUT2D eigenvalue weighted by Crippen LogP contribution is 2.16. The first-order chi connectivity index (χ1) is 9.02. The number of hydrogen-bond donors (Lipinski definition) is 1. The molecular formula is C16H25NO2. The van der Waals surface area contributed by atoms with Crippen LogP contribution in [-0.2, 0) is 11.2 Å². The fourth-order valence-electron chi connectivity index (χ4n) is 2.04. The van der Waals surface area contributed by atoms with Crippen LogP contribution in [0.4, 0.5) is 0 Å². The highest BCUT2D eigenvalue weighted by molar-refractivity contribution is 5.87. The van der Waals surface area contributed by atoms with E-state index in [-0.39, 0.29) is 5.97 Å². The molecule has 0 aliphatic heterocycles. The standard InChI is InChI=1S/C16H25NO2/c1-5-19-16(18)15-10-14(11-17-15)9-13(4)8-6-7-12(2)3/h7,10-11,13,17H,5-6,8-9H2,1-4H3. The van der Waals surface area contributed by atoms with Gasteiger partial charge in [0.15, 0.2) is 0 Å². The third kappa shape index (κ3) is 5.77. The molecule has 3 heteroatoms. The molecule has 1 unspecified atom stereocenters. The monoisotopic (exact) mass is 263 g/mol. The van der Waals surface area contributed by atoms with Crippen molar-refractivity contribution in [2.45, 2.75) is 47.0 Å². The molecular weight excluding hydrogens is 238 g/mol. The fraction of sp³-hybridized carbons (Fsp3) is 0.562. The van der Waals surface area contributed by atoms with Crippen LogP contribution in [0.5, 0.6) is 0 Å². The van der Waals surface area contributed by atoms with Crippen molar-refractivity contribution in [3.63, 3.8) is 0 Å². The molecule has 106 valence electrons. The lowest BCUT2D eigenvalue weighted by Gasteiger charge is -2.08. The van der Waals surface area contributed by atoms with Gasteiger partial charge in [0.1, 0.15) is 5.69 Å². The number of nitrogens with one attached hydrogen (secondary N) is 1. The van der Waals surface area contributed by atoms with Crippen LogP contribution in [-0.4, -0.2) is 17.6 Å². The lowest BCUT2D eigenvalue weighted by molar-refractivity contribution is 0.0520. The lowest BCUT2D eigenvalue weighted by atomic mass is 9.97. The quantitative estimate of drug-likeness (QED) is 0.594. The van der Waals surface area contributed by atoms with Gasteiger partial charge in [0.05, 0.1) is 6.61 Å². The molecule has 0 radical (unpaired) electrons. The Hall–Kier alpha value is -1.51. The number of hydrogen-bond acceptors (Lipinski definition) is 2. The van der Waals surface area contributed by atoms with Crippen molar-refractivity contribution in [2.24, 2.45) is 5.92 Å². The Kier molecular flexibility index (Phi) is 6.40. The van der Waals surface area contributed by atoms with Crippen LogP contribution in [0.3, 0.4) is 0 Å². The van der Waals surface area contributed by atoms with E-state index in [0.717, 1.165) is 12.8 Å². The second-order valence-corrected chi connectivity index (χ2v) is 5.31. The van der Waals surface area contributed by atoms with Gasteiger partial charge in [-0.2, -0.15) is 0 Å². The van der Waals surface area contributed by atoms with E-state index >= 15 is 0 Å². The van der Waals surface area contributed by atoms with Crippen molar-refractivity contribution in [1.29, 1.82) is 0 Å². The van der Waals surface area contributed by atoms with Gasteiger partial charge in [-0.3, -0.25) is 0 Å². The van der Waals surface area contributed by atoms with E-state index in [1.54, 1.807) is 0 Å². The maximum Gasteiger partial charge on any atom is 0.354 e. The average molecular weight is 263 g/mol. The highest BCUT2D eigenvalue weighted by Gasteiger charge is 2.11. The van der Waals surface area contributed by atoms with Gasteiger partial charge >= 0.3 is 5.97 Å². The zero-order chi connectivity index (χ0) is 14.3. The Morgan fingerprint density at radius 3 is 2.84 bits per heavy atom. The SMILES string of the molecule is CCOC(=O)c1cc(CC(C)CCC=C(C)C)c[nH]1.